The molecule has 0 aliphatic heterocycles. The molecule has 0 fully saturated rings. The van der Waals surface area contributed by atoms with Crippen molar-refractivity contribution >= 4 is 49.8 Å². The zero-order valence-corrected chi connectivity index (χ0v) is 56.4. The molecule has 9 aromatic carbocycles. The number of hydrogen-bond acceptors (Lipinski definition) is 5. The summed E-state index contributed by atoms with van der Waals surface area (Å²) in [6.07, 6.45) is 4.91. The van der Waals surface area contributed by atoms with Crippen LogP contribution < -0.4 is 0 Å². The Morgan fingerprint density at radius 2 is 1.02 bits per heavy atom. The molecule has 0 spiro atoms. The number of aromatic nitrogens is 4. The van der Waals surface area contributed by atoms with Crippen molar-refractivity contribution in [1.82, 2.24) is 19.1 Å². The molecule has 3 heterocycles. The van der Waals surface area contributed by atoms with Crippen molar-refractivity contribution < 1.29 is 38.8 Å². The van der Waals surface area contributed by atoms with Gasteiger partial charge in [-0.05, 0) is 136 Å². The van der Waals surface area contributed by atoms with E-state index in [1.165, 1.54) is 68.5 Å². The Kier molecular flexibility index (Phi) is 21.6. The summed E-state index contributed by atoms with van der Waals surface area (Å²) in [4.78, 5) is 21.9. The van der Waals surface area contributed by atoms with Gasteiger partial charge in [-0.3, -0.25) is 19.2 Å². The first-order valence-electron chi connectivity index (χ1n) is 31.9. The number of furan rings is 1. The minimum Gasteiger partial charge on any atom is -0.512 e. The molecule has 0 saturated heterocycles. The van der Waals surface area contributed by atoms with E-state index >= 15 is 0 Å². The molecule has 9 heteroatoms. The van der Waals surface area contributed by atoms with Crippen LogP contribution in [0.15, 0.2) is 204 Å². The normalized spacial score (nSPS) is 11.8. The van der Waals surface area contributed by atoms with Crippen molar-refractivity contribution in [3.8, 4) is 56.4 Å². The molecule has 3 aromatic heterocycles. The second-order valence-corrected chi connectivity index (χ2v) is 24.5. The second kappa shape index (κ2) is 29.4. The van der Waals surface area contributed by atoms with E-state index in [4.69, 9.17) is 14.4 Å². The predicted molar refractivity (Wildman–Crippen MR) is 369 cm³/mol. The number of halogens is 1. The summed E-state index contributed by atoms with van der Waals surface area (Å²) < 4.78 is 24.8. The largest absolute Gasteiger partial charge is 0.512 e. The Hall–Kier alpha value is -8.49. The van der Waals surface area contributed by atoms with Crippen molar-refractivity contribution in [1.29, 1.82) is 0 Å². The molecule has 12 aromatic rings. The summed E-state index contributed by atoms with van der Waals surface area (Å²) in [6, 6.07) is 70.8. The van der Waals surface area contributed by atoms with Gasteiger partial charge in [0.1, 0.15) is 5.58 Å². The van der Waals surface area contributed by atoms with E-state index in [0.717, 1.165) is 98.0 Å². The zero-order valence-electron chi connectivity index (χ0n) is 54.0. The third-order valence-corrected chi connectivity index (χ3v) is 17.3. The standard InChI is InChI=1S/C43H35N2O.C25H24FN2.C13H24O2.Ir/c1-27(2)36-24-32(30-16-9-6-10-17-30)25-37(28(3)4)41(36)45-39-21-12-11-20-38(39)44-43(45)35-19-13-18-34-33-23-22-31(26-40(33)46-42(34)35)29-14-7-5-8-15-29;1-16(2)20-8-7-9-21(17(3)4)24(20)28-23-11-6-5-10-22(23)27-25(28)18-12-14-19(26)15-13-18;1-5-10(6-2)12(14)9-13(15)11(7-3)8-4;/h5-18,20-28H,1-4H3;5-12,14-17H,1-4H3;9-11,14H,5-8H2,1-4H3;/q2*-1;;/b;;12-9-;. The molecule has 0 aliphatic carbocycles. The topological polar surface area (TPSA) is 86.1 Å². The third kappa shape index (κ3) is 13.8. The number of aliphatic hydroxyl groups is 1. The van der Waals surface area contributed by atoms with Gasteiger partial charge in [0.05, 0.1) is 45.1 Å². The van der Waals surface area contributed by atoms with Crippen molar-refractivity contribution in [2.75, 3.05) is 0 Å². The molecule has 7 nitrogen and oxygen atoms in total. The molecular formula is C81H83FIrN4O3-2. The Morgan fingerprint density at radius 1 is 0.522 bits per heavy atom. The first-order valence-corrected chi connectivity index (χ1v) is 31.9. The van der Waals surface area contributed by atoms with E-state index in [0.29, 0.717) is 11.8 Å². The van der Waals surface area contributed by atoms with Crippen LogP contribution in [0.2, 0.25) is 0 Å². The molecule has 0 atom stereocenters. The molecule has 0 amide bonds. The Labute approximate surface area is 545 Å². The number of para-hydroxylation sites is 5. The minimum atomic E-state index is -0.295. The molecular weight excluding hydrogens is 1290 g/mol. The van der Waals surface area contributed by atoms with E-state index in [-0.39, 0.29) is 61.1 Å². The molecule has 0 bridgehead atoms. The Bertz CT molecular complexity index is 4370. The number of aliphatic hydroxyl groups excluding tert-OH is 1. The maximum Gasteiger partial charge on any atom is 0.162 e. The van der Waals surface area contributed by atoms with Gasteiger partial charge < -0.3 is 18.7 Å². The summed E-state index contributed by atoms with van der Waals surface area (Å²) in [7, 11) is 0. The van der Waals surface area contributed by atoms with Crippen molar-refractivity contribution in [2.24, 2.45) is 11.8 Å². The average molecular weight is 1370 g/mol. The summed E-state index contributed by atoms with van der Waals surface area (Å²) in [5.41, 5.74) is 19.6. The molecule has 463 valence electrons. The predicted octanol–water partition coefficient (Wildman–Crippen LogP) is 22.7. The van der Waals surface area contributed by atoms with Gasteiger partial charge in [0.25, 0.3) is 0 Å². The van der Waals surface area contributed by atoms with Crippen molar-refractivity contribution in [2.45, 2.75) is 132 Å². The average Bonchev–Trinajstić information content (AvgIpc) is 1.55. The van der Waals surface area contributed by atoms with Gasteiger partial charge in [-0.25, -0.2) is 0 Å². The number of ketones is 1. The van der Waals surface area contributed by atoms with Crippen LogP contribution in [0.1, 0.15) is 155 Å². The van der Waals surface area contributed by atoms with E-state index in [9.17, 15) is 14.3 Å². The van der Waals surface area contributed by atoms with E-state index in [2.05, 4.69) is 216 Å². The van der Waals surface area contributed by atoms with Crippen LogP contribution in [-0.4, -0.2) is 30.0 Å². The van der Waals surface area contributed by atoms with Crippen LogP contribution in [-0.2, 0) is 24.9 Å². The summed E-state index contributed by atoms with van der Waals surface area (Å²) >= 11 is 0. The smallest absolute Gasteiger partial charge is 0.162 e. The summed E-state index contributed by atoms with van der Waals surface area (Å²) in [6.45, 7) is 26.1. The molecule has 1 radical (unpaired) electrons. The molecule has 1 N–H and O–H groups in total. The van der Waals surface area contributed by atoms with Crippen LogP contribution in [0, 0.1) is 29.8 Å². The number of benzene rings is 9. The van der Waals surface area contributed by atoms with E-state index in [1.54, 1.807) is 6.07 Å². The van der Waals surface area contributed by atoms with Gasteiger partial charge in [-0.1, -0.05) is 209 Å². The molecule has 90 heavy (non-hydrogen) atoms. The maximum absolute atomic E-state index is 13.5. The van der Waals surface area contributed by atoms with Gasteiger partial charge in [0.15, 0.2) is 5.78 Å². The number of carbonyl (C=O) groups excluding carboxylic acids is 1. The number of carbonyl (C=O) groups is 1. The fourth-order valence-electron chi connectivity index (χ4n) is 12.3. The van der Waals surface area contributed by atoms with Gasteiger partial charge in [0, 0.05) is 60.6 Å². The quantitative estimate of drug-likeness (QED) is 0.0558. The van der Waals surface area contributed by atoms with Crippen LogP contribution in [0.4, 0.5) is 4.39 Å². The monoisotopic (exact) mass is 1370 g/mol. The van der Waals surface area contributed by atoms with Crippen LogP contribution in [0.25, 0.3) is 100 Å². The third-order valence-electron chi connectivity index (χ3n) is 17.3. The molecule has 0 saturated carbocycles. The van der Waals surface area contributed by atoms with Gasteiger partial charge >= 0.3 is 0 Å². The van der Waals surface area contributed by atoms with Crippen molar-refractivity contribution in [3.63, 3.8) is 0 Å². The number of rotatable bonds is 17. The van der Waals surface area contributed by atoms with Gasteiger partial charge in [-0.2, -0.15) is 0 Å². The number of allylic oxidation sites excluding steroid dienone is 2. The number of nitrogens with zero attached hydrogens (tertiary/aromatic N) is 4. The van der Waals surface area contributed by atoms with Crippen LogP contribution >= 0.6 is 0 Å². The van der Waals surface area contributed by atoms with Crippen LogP contribution in [0.3, 0.4) is 0 Å². The van der Waals surface area contributed by atoms with Gasteiger partial charge in [0.2, 0.25) is 0 Å². The first-order chi connectivity index (χ1) is 43.0. The van der Waals surface area contributed by atoms with E-state index in [1.807, 2.05) is 58.0 Å². The van der Waals surface area contributed by atoms with Gasteiger partial charge in [-0.15, -0.1) is 48.0 Å². The Balaban J connectivity index is 0.000000185. The SMILES string of the molecule is CC(C)c1cc(-c2ccccc2)cc(C(C)C)c1-n1c(-c2[c-]ccc3c2oc2cc(-c4ccccc4)ccc23)nc2ccccc21.CC(C)c1cccc(C(C)C)c1-n1c(-c2[c-]cc(F)cc2)nc2ccccc21.CCC(CC)C(=O)/C=C(\O)C(CC)CC.[Ir]. The van der Waals surface area contributed by atoms with Crippen molar-refractivity contribution in [3.05, 3.63) is 240 Å². The number of imidazole rings is 2. The maximum atomic E-state index is 13.5. The van der Waals surface area contributed by atoms with E-state index < -0.39 is 0 Å². The summed E-state index contributed by atoms with van der Waals surface area (Å²) in [5, 5.41) is 11.9. The fraction of sp³-hybridized carbons (Fsp3) is 0.272. The molecule has 12 rings (SSSR count). The first kappa shape index (κ1) is 65.9. The molecule has 0 aliphatic rings. The number of hydrogen-bond donors (Lipinski definition) is 1. The fourth-order valence-corrected chi connectivity index (χ4v) is 12.3. The summed E-state index contributed by atoms with van der Waals surface area (Å²) in [5.74, 6) is 3.17. The number of fused-ring (bicyclic) bond motifs is 5. The minimum absolute atomic E-state index is 0. The second-order valence-electron chi connectivity index (χ2n) is 24.5. The zero-order chi connectivity index (χ0) is 63.0. The molecule has 0 unspecified atom stereocenters. The van der Waals surface area contributed by atoms with Crippen LogP contribution in [0.5, 0.6) is 0 Å². The Morgan fingerprint density at radius 3 is 1.54 bits per heavy atom.